The molecule has 7 atom stereocenters. The Morgan fingerprint density at radius 1 is 0.275 bits per heavy atom. The van der Waals surface area contributed by atoms with Crippen LogP contribution < -0.4 is 0 Å². The molecule has 17 nitrogen and oxygen atoms in total. The average molecular weight is 1490 g/mol. The van der Waals surface area contributed by atoms with Crippen LogP contribution >= 0.6 is 15.6 Å². The molecule has 0 aliphatic rings. The molecule has 0 saturated heterocycles. The molecule has 0 heterocycles. The number of carbonyl (C=O) groups is 4. The van der Waals surface area contributed by atoms with Crippen LogP contribution in [0, 0.1) is 23.7 Å². The fraction of sp³-hybridized carbons (Fsp3) is 0.952. The number of aliphatic hydroxyl groups is 1. The molecule has 606 valence electrons. The summed E-state index contributed by atoms with van der Waals surface area (Å²) in [5.74, 6) is 0.975. The van der Waals surface area contributed by atoms with Crippen molar-refractivity contribution in [1.29, 1.82) is 0 Å². The fourth-order valence-electron chi connectivity index (χ4n) is 12.7. The molecule has 3 N–H and O–H groups in total. The van der Waals surface area contributed by atoms with Crippen molar-refractivity contribution in [3.63, 3.8) is 0 Å². The molecule has 0 saturated carbocycles. The molecule has 0 radical (unpaired) electrons. The zero-order valence-electron chi connectivity index (χ0n) is 67.2. The van der Waals surface area contributed by atoms with Crippen LogP contribution in [0.5, 0.6) is 0 Å². The number of hydrogen-bond donors (Lipinski definition) is 3. The van der Waals surface area contributed by atoms with E-state index in [-0.39, 0.29) is 25.7 Å². The summed E-state index contributed by atoms with van der Waals surface area (Å²) in [6.07, 6.45) is 60.1. The maximum atomic E-state index is 13.1. The summed E-state index contributed by atoms with van der Waals surface area (Å²) in [6.45, 7) is 14.2. The van der Waals surface area contributed by atoms with Gasteiger partial charge in [-0.3, -0.25) is 37.3 Å². The molecule has 0 fully saturated rings. The number of rotatable bonds is 80. The molecule has 0 aliphatic carbocycles. The van der Waals surface area contributed by atoms with Crippen LogP contribution in [0.25, 0.3) is 0 Å². The third kappa shape index (κ3) is 73.6. The van der Waals surface area contributed by atoms with Crippen LogP contribution in [0.4, 0.5) is 0 Å². The SMILES string of the molecule is CCC(C)CCCCCCCCCCCCCCCCCCCCC(=O)O[C@H](COC(=O)CCCCCCCCCCCCCCCCCCCCC(C)C)COP(=O)(O)OC[C@@H](O)COP(=O)(O)OC[C@@H](COC(=O)CCCCCCCCC(C)CC)OC(=O)CCCCCCCCC(C)C. The van der Waals surface area contributed by atoms with Crippen LogP contribution in [-0.4, -0.2) is 96.7 Å². The summed E-state index contributed by atoms with van der Waals surface area (Å²) < 4.78 is 68.6. The van der Waals surface area contributed by atoms with E-state index < -0.39 is 97.5 Å². The Bertz CT molecular complexity index is 1990. The zero-order chi connectivity index (χ0) is 75.3. The van der Waals surface area contributed by atoms with Crippen molar-refractivity contribution >= 4 is 39.5 Å². The molecule has 0 aliphatic heterocycles. The summed E-state index contributed by atoms with van der Waals surface area (Å²) in [6, 6.07) is 0. The van der Waals surface area contributed by atoms with Crippen LogP contribution in [0.3, 0.4) is 0 Å². The van der Waals surface area contributed by atoms with Crippen molar-refractivity contribution in [2.24, 2.45) is 23.7 Å². The summed E-state index contributed by atoms with van der Waals surface area (Å²) in [5.41, 5.74) is 0. The molecule has 0 aromatic carbocycles. The molecular weight excluding hydrogens is 1330 g/mol. The maximum absolute atomic E-state index is 13.1. The van der Waals surface area contributed by atoms with Crippen LogP contribution in [0.2, 0.25) is 0 Å². The van der Waals surface area contributed by atoms with Crippen molar-refractivity contribution in [3.05, 3.63) is 0 Å². The summed E-state index contributed by atoms with van der Waals surface area (Å²) >= 11 is 0. The highest BCUT2D eigenvalue weighted by atomic mass is 31.2. The first-order valence-electron chi connectivity index (χ1n) is 42.8. The van der Waals surface area contributed by atoms with Crippen molar-refractivity contribution in [2.75, 3.05) is 39.6 Å². The Labute approximate surface area is 626 Å². The van der Waals surface area contributed by atoms with Crippen molar-refractivity contribution in [1.82, 2.24) is 0 Å². The van der Waals surface area contributed by atoms with Gasteiger partial charge in [0.2, 0.25) is 0 Å². The van der Waals surface area contributed by atoms with Crippen molar-refractivity contribution in [3.8, 4) is 0 Å². The third-order valence-corrected chi connectivity index (χ3v) is 21.9. The van der Waals surface area contributed by atoms with E-state index in [1.54, 1.807) is 0 Å². The van der Waals surface area contributed by atoms with Crippen LogP contribution in [-0.2, 0) is 65.4 Å². The third-order valence-electron chi connectivity index (χ3n) is 20.0. The minimum atomic E-state index is -4.96. The smallest absolute Gasteiger partial charge is 0.462 e. The highest BCUT2D eigenvalue weighted by Gasteiger charge is 2.30. The lowest BCUT2D eigenvalue weighted by atomic mass is 9.99. The standard InChI is InChI=1S/C83H162O17P2/c1-9-75(7)61-53-45-36-32-28-24-20-16-12-14-18-22-26-30-34-38-49-57-65-82(87)99-78(69-93-80(85)63-55-47-37-33-29-25-21-17-13-11-15-19-23-27-31-35-43-51-59-73(3)4)71-97-101(89,90)95-67-77(84)68-96-102(91,92)98-72-79(100-83(88)66-58-50-41-39-44-52-60-74(5)6)70-94-81(86)64-56-48-42-40-46-54-62-76(8)10-2/h73-79,84H,9-72H2,1-8H3,(H,89,90)(H,91,92)/t75?,76?,77-,78-,79-/m1/s1. The molecule has 0 aromatic heterocycles. The Balaban J connectivity index is 5.16. The molecular formula is C83H162O17P2. The van der Waals surface area contributed by atoms with E-state index in [4.69, 9.17) is 37.0 Å². The van der Waals surface area contributed by atoms with Gasteiger partial charge in [0.1, 0.15) is 19.3 Å². The Kier molecular flexibility index (Phi) is 70.6. The molecule has 0 spiro atoms. The fourth-order valence-corrected chi connectivity index (χ4v) is 14.3. The predicted molar refractivity (Wildman–Crippen MR) is 418 cm³/mol. The van der Waals surface area contributed by atoms with E-state index in [2.05, 4.69) is 55.4 Å². The van der Waals surface area contributed by atoms with Crippen molar-refractivity contribution < 1.29 is 80.2 Å². The van der Waals surface area contributed by atoms with Crippen LogP contribution in [0.15, 0.2) is 0 Å². The number of aliphatic hydroxyl groups excluding tert-OH is 1. The number of esters is 4. The van der Waals surface area contributed by atoms with E-state index in [0.29, 0.717) is 31.6 Å². The van der Waals surface area contributed by atoms with Gasteiger partial charge >= 0.3 is 39.5 Å². The summed E-state index contributed by atoms with van der Waals surface area (Å²) in [4.78, 5) is 72.9. The van der Waals surface area contributed by atoms with E-state index in [1.807, 2.05) is 0 Å². The lowest BCUT2D eigenvalue weighted by molar-refractivity contribution is -0.161. The highest BCUT2D eigenvalue weighted by Crippen LogP contribution is 2.45. The first-order valence-corrected chi connectivity index (χ1v) is 45.8. The summed E-state index contributed by atoms with van der Waals surface area (Å²) in [7, 11) is -9.92. The van der Waals surface area contributed by atoms with Gasteiger partial charge in [0.15, 0.2) is 12.2 Å². The minimum Gasteiger partial charge on any atom is -0.462 e. The number of ether oxygens (including phenoxy) is 4. The molecule has 0 rings (SSSR count). The maximum Gasteiger partial charge on any atom is 0.472 e. The van der Waals surface area contributed by atoms with Gasteiger partial charge in [0.25, 0.3) is 0 Å². The molecule has 102 heavy (non-hydrogen) atoms. The largest absolute Gasteiger partial charge is 0.472 e. The molecule has 0 bridgehead atoms. The predicted octanol–water partition coefficient (Wildman–Crippen LogP) is 24.8. The Morgan fingerprint density at radius 3 is 0.696 bits per heavy atom. The van der Waals surface area contributed by atoms with Gasteiger partial charge in [-0.1, -0.05) is 376 Å². The van der Waals surface area contributed by atoms with E-state index in [9.17, 15) is 43.2 Å². The normalized spacial score (nSPS) is 14.5. The van der Waals surface area contributed by atoms with E-state index >= 15 is 0 Å². The lowest BCUT2D eigenvalue weighted by Crippen LogP contribution is -2.30. The number of phosphoric acid groups is 2. The van der Waals surface area contributed by atoms with Gasteiger partial charge in [0.05, 0.1) is 26.4 Å². The first-order chi connectivity index (χ1) is 49.2. The Morgan fingerprint density at radius 2 is 0.471 bits per heavy atom. The van der Waals surface area contributed by atoms with E-state index in [0.717, 1.165) is 114 Å². The second-order valence-electron chi connectivity index (χ2n) is 31.3. The van der Waals surface area contributed by atoms with Gasteiger partial charge in [-0.05, 0) is 49.4 Å². The average Bonchev–Trinajstić information content (AvgIpc) is 0.910. The van der Waals surface area contributed by atoms with Gasteiger partial charge in [-0.15, -0.1) is 0 Å². The van der Waals surface area contributed by atoms with Gasteiger partial charge < -0.3 is 33.8 Å². The second-order valence-corrected chi connectivity index (χ2v) is 34.2. The van der Waals surface area contributed by atoms with Gasteiger partial charge in [-0.2, -0.15) is 0 Å². The minimum absolute atomic E-state index is 0.101. The number of phosphoric ester groups is 2. The second kappa shape index (κ2) is 72.0. The lowest BCUT2D eigenvalue weighted by Gasteiger charge is -2.21. The molecule has 4 unspecified atom stereocenters. The van der Waals surface area contributed by atoms with Gasteiger partial charge in [0, 0.05) is 25.7 Å². The zero-order valence-corrected chi connectivity index (χ0v) is 69.0. The number of unbranched alkanes of at least 4 members (excludes halogenated alkanes) is 44. The first kappa shape index (κ1) is 100. The molecule has 0 aromatic rings. The molecule has 19 heteroatoms. The monoisotopic (exact) mass is 1490 g/mol. The topological polar surface area (TPSA) is 237 Å². The van der Waals surface area contributed by atoms with Gasteiger partial charge in [-0.25, -0.2) is 9.13 Å². The van der Waals surface area contributed by atoms with Crippen molar-refractivity contribution in [2.45, 2.75) is 446 Å². The number of hydrogen-bond acceptors (Lipinski definition) is 15. The quantitative estimate of drug-likeness (QED) is 0.0222. The highest BCUT2D eigenvalue weighted by molar-refractivity contribution is 7.47. The summed E-state index contributed by atoms with van der Waals surface area (Å²) in [5, 5.41) is 10.6. The molecule has 0 amide bonds. The number of carbonyl (C=O) groups excluding carboxylic acids is 4. The Hall–Kier alpha value is -1.94. The van der Waals surface area contributed by atoms with Crippen LogP contribution in [0.1, 0.15) is 428 Å². The van der Waals surface area contributed by atoms with E-state index in [1.165, 1.54) is 225 Å².